The maximum absolute atomic E-state index is 12.3. The van der Waals surface area contributed by atoms with E-state index in [1.807, 2.05) is 0 Å². The van der Waals surface area contributed by atoms with Crippen molar-refractivity contribution in [2.24, 2.45) is 0 Å². The molecule has 1 atom stereocenters. The van der Waals surface area contributed by atoms with Crippen molar-refractivity contribution in [1.29, 1.82) is 5.41 Å². The standard InChI is InChI=1S/C4H5ClFN3/c5-4-8-2-1-3(7)9(4)6/h1-2,4,7-8H. The van der Waals surface area contributed by atoms with Crippen LogP contribution < -0.4 is 5.32 Å². The van der Waals surface area contributed by atoms with Gasteiger partial charge in [-0.25, -0.2) is 0 Å². The molecule has 0 radical (unpaired) electrons. The minimum atomic E-state index is -0.942. The topological polar surface area (TPSA) is 39.1 Å². The van der Waals surface area contributed by atoms with E-state index in [9.17, 15) is 4.48 Å². The molecule has 1 aliphatic heterocycles. The summed E-state index contributed by atoms with van der Waals surface area (Å²) in [6.07, 6.45) is 2.70. The van der Waals surface area contributed by atoms with Crippen LogP contribution in [0.15, 0.2) is 12.3 Å². The molecule has 0 aromatic carbocycles. The molecule has 50 valence electrons. The maximum atomic E-state index is 12.3. The van der Waals surface area contributed by atoms with Gasteiger partial charge in [0.05, 0.1) is 0 Å². The van der Waals surface area contributed by atoms with Crippen molar-refractivity contribution in [2.45, 2.75) is 5.62 Å². The molecule has 0 aliphatic carbocycles. The lowest BCUT2D eigenvalue weighted by Crippen LogP contribution is -2.40. The van der Waals surface area contributed by atoms with Crippen LogP contribution in [0.1, 0.15) is 0 Å². The molecular weight excluding hydrogens is 145 g/mol. The Hall–Kier alpha value is -0.770. The first-order chi connectivity index (χ1) is 4.22. The Kier molecular flexibility index (Phi) is 1.57. The van der Waals surface area contributed by atoms with Crippen LogP contribution in [0, 0.1) is 5.41 Å². The molecule has 1 aliphatic rings. The summed E-state index contributed by atoms with van der Waals surface area (Å²) in [7, 11) is 0. The molecule has 5 heteroatoms. The van der Waals surface area contributed by atoms with Crippen LogP contribution in [-0.4, -0.2) is 16.6 Å². The molecule has 0 amide bonds. The fourth-order valence-corrected chi connectivity index (χ4v) is 0.643. The smallest absolute Gasteiger partial charge is 0.207 e. The first-order valence-corrected chi connectivity index (χ1v) is 2.75. The van der Waals surface area contributed by atoms with Crippen LogP contribution >= 0.6 is 11.6 Å². The van der Waals surface area contributed by atoms with Crippen molar-refractivity contribution < 1.29 is 4.48 Å². The lowest BCUT2D eigenvalue weighted by atomic mass is 10.5. The molecule has 1 unspecified atom stereocenters. The van der Waals surface area contributed by atoms with E-state index in [2.05, 4.69) is 5.32 Å². The molecule has 0 fully saturated rings. The SMILES string of the molecule is N=C1C=CNC(Cl)N1F. The van der Waals surface area contributed by atoms with Crippen molar-refractivity contribution in [3.05, 3.63) is 12.3 Å². The molecule has 0 aromatic heterocycles. The van der Waals surface area contributed by atoms with Crippen LogP contribution in [0.5, 0.6) is 0 Å². The largest absolute Gasteiger partial charge is 0.357 e. The van der Waals surface area contributed by atoms with Crippen LogP contribution in [0.3, 0.4) is 0 Å². The third-order valence-corrected chi connectivity index (χ3v) is 1.20. The average Bonchev–Trinajstić information content (AvgIpc) is 1.83. The van der Waals surface area contributed by atoms with Gasteiger partial charge >= 0.3 is 0 Å². The summed E-state index contributed by atoms with van der Waals surface area (Å²) in [5.74, 6) is -0.242. The fraction of sp³-hybridized carbons (Fsp3) is 0.250. The van der Waals surface area contributed by atoms with Crippen LogP contribution in [0.4, 0.5) is 4.48 Å². The van der Waals surface area contributed by atoms with Gasteiger partial charge in [0, 0.05) is 6.20 Å². The van der Waals surface area contributed by atoms with Crippen LogP contribution in [0.25, 0.3) is 0 Å². The molecule has 2 N–H and O–H groups in total. The minimum absolute atomic E-state index is 0.127. The molecule has 0 saturated carbocycles. The van der Waals surface area contributed by atoms with Crippen molar-refractivity contribution in [3.63, 3.8) is 0 Å². The summed E-state index contributed by atoms with van der Waals surface area (Å²) < 4.78 is 12.3. The first kappa shape index (κ1) is 6.35. The molecule has 0 saturated heterocycles. The van der Waals surface area contributed by atoms with Gasteiger partial charge in [-0.3, -0.25) is 5.41 Å². The van der Waals surface area contributed by atoms with Crippen molar-refractivity contribution in [3.8, 4) is 0 Å². The number of halogens is 2. The third kappa shape index (κ3) is 1.13. The fourth-order valence-electron chi connectivity index (χ4n) is 0.465. The van der Waals surface area contributed by atoms with E-state index >= 15 is 0 Å². The number of rotatable bonds is 0. The van der Waals surface area contributed by atoms with Gasteiger partial charge in [0.25, 0.3) is 0 Å². The highest BCUT2D eigenvalue weighted by atomic mass is 35.5. The zero-order valence-corrected chi connectivity index (χ0v) is 5.19. The van der Waals surface area contributed by atoms with Crippen molar-refractivity contribution in [1.82, 2.24) is 10.4 Å². The maximum Gasteiger partial charge on any atom is 0.207 e. The van der Waals surface area contributed by atoms with Gasteiger partial charge < -0.3 is 5.32 Å². The quantitative estimate of drug-likeness (QED) is 0.304. The van der Waals surface area contributed by atoms with E-state index in [0.29, 0.717) is 0 Å². The number of nitrogens with one attached hydrogen (secondary N) is 2. The predicted molar refractivity (Wildman–Crippen MR) is 32.6 cm³/mol. The second kappa shape index (κ2) is 2.23. The molecule has 1 heterocycles. The number of nitrogens with zero attached hydrogens (tertiary/aromatic N) is 1. The third-order valence-electron chi connectivity index (χ3n) is 0.904. The Bertz CT molecular complexity index is 158. The van der Waals surface area contributed by atoms with E-state index in [4.69, 9.17) is 17.0 Å². The van der Waals surface area contributed by atoms with Crippen LogP contribution in [-0.2, 0) is 0 Å². The Morgan fingerprint density at radius 3 is 3.00 bits per heavy atom. The molecule has 0 bridgehead atoms. The highest BCUT2D eigenvalue weighted by Gasteiger charge is 2.18. The highest BCUT2D eigenvalue weighted by molar-refractivity contribution is 6.21. The second-order valence-corrected chi connectivity index (χ2v) is 1.95. The summed E-state index contributed by atoms with van der Waals surface area (Å²) in [6, 6.07) is 0. The summed E-state index contributed by atoms with van der Waals surface area (Å²) >= 11 is 5.31. The summed E-state index contributed by atoms with van der Waals surface area (Å²) in [5, 5.41) is 9.45. The van der Waals surface area contributed by atoms with E-state index in [0.717, 1.165) is 0 Å². The van der Waals surface area contributed by atoms with Gasteiger partial charge in [0.2, 0.25) is 5.62 Å². The average molecular weight is 150 g/mol. The lowest BCUT2D eigenvalue weighted by Gasteiger charge is -2.21. The zero-order chi connectivity index (χ0) is 6.85. The van der Waals surface area contributed by atoms with Crippen molar-refractivity contribution >= 4 is 17.4 Å². The number of hydrogen-bond donors (Lipinski definition) is 2. The monoisotopic (exact) mass is 149 g/mol. The van der Waals surface area contributed by atoms with Gasteiger partial charge in [0.1, 0.15) is 0 Å². The first-order valence-electron chi connectivity index (χ1n) is 2.32. The molecule has 0 spiro atoms. The van der Waals surface area contributed by atoms with Gasteiger partial charge in [0.15, 0.2) is 5.84 Å². The number of amidine groups is 1. The van der Waals surface area contributed by atoms with Gasteiger partial charge in [-0.05, 0) is 6.08 Å². The van der Waals surface area contributed by atoms with E-state index in [1.54, 1.807) is 0 Å². The normalized spacial score (nSPS) is 26.2. The highest BCUT2D eigenvalue weighted by Crippen LogP contribution is 2.06. The summed E-state index contributed by atoms with van der Waals surface area (Å²) in [5.41, 5.74) is -0.942. The Morgan fingerprint density at radius 2 is 2.56 bits per heavy atom. The van der Waals surface area contributed by atoms with E-state index in [1.165, 1.54) is 12.3 Å². The Morgan fingerprint density at radius 1 is 1.89 bits per heavy atom. The van der Waals surface area contributed by atoms with Crippen LogP contribution in [0.2, 0.25) is 0 Å². The van der Waals surface area contributed by atoms with Gasteiger partial charge in [-0.2, -0.15) is 5.12 Å². The predicted octanol–water partition coefficient (Wildman–Crippen LogP) is 0.789. The summed E-state index contributed by atoms with van der Waals surface area (Å²) in [6.45, 7) is 0. The minimum Gasteiger partial charge on any atom is -0.357 e. The number of alkyl halides is 1. The van der Waals surface area contributed by atoms with Gasteiger partial charge in [-0.1, -0.05) is 16.1 Å². The molecule has 9 heavy (non-hydrogen) atoms. The van der Waals surface area contributed by atoms with E-state index < -0.39 is 5.62 Å². The second-order valence-electron chi connectivity index (χ2n) is 1.53. The van der Waals surface area contributed by atoms with Crippen molar-refractivity contribution in [2.75, 3.05) is 0 Å². The summed E-state index contributed by atoms with van der Waals surface area (Å²) in [4.78, 5) is 0. The number of hydrogen-bond acceptors (Lipinski definition) is 2. The molecule has 1 rings (SSSR count). The zero-order valence-electron chi connectivity index (χ0n) is 4.44. The Balaban J connectivity index is 2.69. The molecule has 3 nitrogen and oxygen atoms in total. The van der Waals surface area contributed by atoms with E-state index in [-0.39, 0.29) is 11.0 Å². The lowest BCUT2D eigenvalue weighted by molar-refractivity contribution is 0.0911. The van der Waals surface area contributed by atoms with Gasteiger partial charge in [-0.15, -0.1) is 0 Å². The molecule has 0 aromatic rings. The Labute approximate surface area is 56.5 Å². The molecular formula is C4H5ClFN3.